The van der Waals surface area contributed by atoms with Gasteiger partial charge < -0.3 is 14.7 Å². The van der Waals surface area contributed by atoms with Crippen LogP contribution < -0.4 is 4.90 Å². The molecule has 0 bridgehead atoms. The second kappa shape index (κ2) is 6.29. The third-order valence-corrected chi connectivity index (χ3v) is 3.07. The summed E-state index contributed by atoms with van der Waals surface area (Å²) in [5, 5.41) is 8.54. The lowest BCUT2D eigenvalue weighted by atomic mass is 10.1. The Hall–Kier alpha value is -1.95. The van der Waals surface area contributed by atoms with Crippen LogP contribution in [0.15, 0.2) is 18.5 Å². The van der Waals surface area contributed by atoms with E-state index in [1.54, 1.807) is 19.5 Å². The lowest BCUT2D eigenvalue weighted by Gasteiger charge is -2.31. The van der Waals surface area contributed by atoms with Crippen LogP contribution >= 0.6 is 0 Å². The molecule has 1 atom stereocenters. The number of rotatable bonds is 4. The van der Waals surface area contributed by atoms with Crippen molar-refractivity contribution in [3.05, 3.63) is 24.0 Å². The standard InChI is InChI=1S/C13H17N3O3/c1-19-11-3-2-6-16(9-11)13-14-7-10(8-15-13)4-5-12(17)18/h4-5,7-8,11H,2-3,6,9H2,1H3,(H,17,18)/b5-4+. The van der Waals surface area contributed by atoms with Crippen LogP contribution in [0.25, 0.3) is 6.08 Å². The normalized spacial score (nSPS) is 19.8. The summed E-state index contributed by atoms with van der Waals surface area (Å²) in [6, 6.07) is 0. The number of piperidine rings is 1. The van der Waals surface area contributed by atoms with Crippen LogP contribution in [0.4, 0.5) is 5.95 Å². The first-order chi connectivity index (χ1) is 9.19. The average molecular weight is 263 g/mol. The van der Waals surface area contributed by atoms with Crippen molar-refractivity contribution < 1.29 is 14.6 Å². The summed E-state index contributed by atoms with van der Waals surface area (Å²) >= 11 is 0. The van der Waals surface area contributed by atoms with Gasteiger partial charge in [-0.2, -0.15) is 0 Å². The first kappa shape index (κ1) is 13.5. The lowest BCUT2D eigenvalue weighted by Crippen LogP contribution is -2.40. The minimum Gasteiger partial charge on any atom is -0.478 e. The van der Waals surface area contributed by atoms with Crippen molar-refractivity contribution in [3.8, 4) is 0 Å². The van der Waals surface area contributed by atoms with Crippen LogP contribution in [0, 0.1) is 0 Å². The Morgan fingerprint density at radius 1 is 1.53 bits per heavy atom. The van der Waals surface area contributed by atoms with Crippen molar-refractivity contribution in [1.29, 1.82) is 0 Å². The van der Waals surface area contributed by atoms with Crippen LogP contribution in [-0.4, -0.2) is 47.3 Å². The van der Waals surface area contributed by atoms with E-state index in [-0.39, 0.29) is 6.10 Å². The number of aliphatic carboxylic acids is 1. The molecule has 1 unspecified atom stereocenters. The molecule has 102 valence electrons. The first-order valence-electron chi connectivity index (χ1n) is 6.20. The monoisotopic (exact) mass is 263 g/mol. The predicted molar refractivity (Wildman–Crippen MR) is 70.9 cm³/mol. The molecule has 0 aromatic carbocycles. The van der Waals surface area contributed by atoms with Gasteiger partial charge in [-0.1, -0.05) is 0 Å². The number of carbonyl (C=O) groups is 1. The van der Waals surface area contributed by atoms with E-state index >= 15 is 0 Å². The van der Waals surface area contributed by atoms with Gasteiger partial charge in [0, 0.05) is 44.2 Å². The van der Waals surface area contributed by atoms with Gasteiger partial charge in [0.2, 0.25) is 5.95 Å². The third-order valence-electron chi connectivity index (χ3n) is 3.07. The zero-order valence-electron chi connectivity index (χ0n) is 10.8. The van der Waals surface area contributed by atoms with E-state index < -0.39 is 5.97 Å². The van der Waals surface area contributed by atoms with Crippen molar-refractivity contribution in [2.45, 2.75) is 18.9 Å². The van der Waals surface area contributed by atoms with E-state index in [1.807, 2.05) is 0 Å². The minimum atomic E-state index is -0.983. The molecular weight excluding hydrogens is 246 g/mol. The molecule has 6 nitrogen and oxygen atoms in total. The number of ether oxygens (including phenoxy) is 1. The minimum absolute atomic E-state index is 0.226. The summed E-state index contributed by atoms with van der Waals surface area (Å²) in [4.78, 5) is 21.0. The maximum absolute atomic E-state index is 10.4. The Bertz CT molecular complexity index is 459. The van der Waals surface area contributed by atoms with Gasteiger partial charge in [0.15, 0.2) is 0 Å². The number of nitrogens with zero attached hydrogens (tertiary/aromatic N) is 3. The fourth-order valence-electron chi connectivity index (χ4n) is 2.06. The van der Waals surface area contributed by atoms with E-state index in [9.17, 15) is 4.79 Å². The molecule has 0 saturated carbocycles. The number of anilines is 1. The number of carboxylic acids is 1. The Morgan fingerprint density at radius 2 is 2.26 bits per heavy atom. The zero-order chi connectivity index (χ0) is 13.7. The molecule has 0 spiro atoms. The van der Waals surface area contributed by atoms with Crippen LogP contribution in [0.5, 0.6) is 0 Å². The molecule has 1 N–H and O–H groups in total. The second-order valence-electron chi connectivity index (χ2n) is 4.43. The first-order valence-corrected chi connectivity index (χ1v) is 6.20. The molecule has 1 saturated heterocycles. The highest BCUT2D eigenvalue weighted by molar-refractivity contribution is 5.85. The van der Waals surface area contributed by atoms with E-state index in [0.29, 0.717) is 11.5 Å². The number of carboxylic acid groups (broad SMARTS) is 1. The van der Waals surface area contributed by atoms with E-state index in [1.165, 1.54) is 6.08 Å². The summed E-state index contributed by atoms with van der Waals surface area (Å²) in [5.74, 6) is -0.322. The smallest absolute Gasteiger partial charge is 0.328 e. The molecule has 2 rings (SSSR count). The van der Waals surface area contributed by atoms with E-state index in [4.69, 9.17) is 9.84 Å². The summed E-state index contributed by atoms with van der Waals surface area (Å²) in [5.41, 5.74) is 0.673. The van der Waals surface area contributed by atoms with Gasteiger partial charge in [0.05, 0.1) is 6.10 Å². The molecule has 1 aliphatic heterocycles. The van der Waals surface area contributed by atoms with Crippen LogP contribution in [-0.2, 0) is 9.53 Å². The zero-order valence-corrected chi connectivity index (χ0v) is 10.8. The van der Waals surface area contributed by atoms with Crippen molar-refractivity contribution in [2.24, 2.45) is 0 Å². The molecule has 0 amide bonds. The van der Waals surface area contributed by atoms with Crippen molar-refractivity contribution in [3.63, 3.8) is 0 Å². The average Bonchev–Trinajstić information content (AvgIpc) is 2.45. The van der Waals surface area contributed by atoms with Crippen LogP contribution in [0.3, 0.4) is 0 Å². The van der Waals surface area contributed by atoms with E-state index in [0.717, 1.165) is 32.0 Å². The molecular formula is C13H17N3O3. The topological polar surface area (TPSA) is 75.5 Å². The molecule has 6 heteroatoms. The van der Waals surface area contributed by atoms with Crippen molar-refractivity contribution in [1.82, 2.24) is 9.97 Å². The molecule has 0 aliphatic carbocycles. The van der Waals surface area contributed by atoms with Gasteiger partial charge >= 0.3 is 5.97 Å². The number of hydrogen-bond acceptors (Lipinski definition) is 5. The molecule has 1 aliphatic rings. The Balaban J connectivity index is 2.03. The highest BCUT2D eigenvalue weighted by Crippen LogP contribution is 2.17. The molecule has 1 fully saturated rings. The van der Waals surface area contributed by atoms with Gasteiger partial charge in [-0.15, -0.1) is 0 Å². The fraction of sp³-hybridized carbons (Fsp3) is 0.462. The quantitative estimate of drug-likeness (QED) is 0.822. The molecule has 1 aromatic rings. The molecule has 1 aromatic heterocycles. The number of methoxy groups -OCH3 is 1. The highest BCUT2D eigenvalue weighted by atomic mass is 16.5. The largest absolute Gasteiger partial charge is 0.478 e. The highest BCUT2D eigenvalue weighted by Gasteiger charge is 2.20. The van der Waals surface area contributed by atoms with Gasteiger partial charge in [-0.05, 0) is 18.9 Å². The predicted octanol–water partition coefficient (Wildman–Crippen LogP) is 1.19. The number of aromatic nitrogens is 2. The lowest BCUT2D eigenvalue weighted by molar-refractivity contribution is -0.131. The Labute approximate surface area is 111 Å². The van der Waals surface area contributed by atoms with Crippen molar-refractivity contribution >= 4 is 18.0 Å². The molecule has 19 heavy (non-hydrogen) atoms. The van der Waals surface area contributed by atoms with Gasteiger partial charge in [-0.25, -0.2) is 14.8 Å². The van der Waals surface area contributed by atoms with Gasteiger partial charge in [0.1, 0.15) is 0 Å². The summed E-state index contributed by atoms with van der Waals surface area (Å²) < 4.78 is 5.36. The van der Waals surface area contributed by atoms with Crippen LogP contribution in [0.2, 0.25) is 0 Å². The maximum Gasteiger partial charge on any atom is 0.328 e. The maximum atomic E-state index is 10.4. The second-order valence-corrected chi connectivity index (χ2v) is 4.43. The van der Waals surface area contributed by atoms with Crippen LogP contribution in [0.1, 0.15) is 18.4 Å². The Kier molecular flexibility index (Phi) is 4.46. The van der Waals surface area contributed by atoms with E-state index in [2.05, 4.69) is 14.9 Å². The number of hydrogen-bond donors (Lipinski definition) is 1. The van der Waals surface area contributed by atoms with Gasteiger partial charge in [0.25, 0.3) is 0 Å². The Morgan fingerprint density at radius 3 is 2.89 bits per heavy atom. The summed E-state index contributed by atoms with van der Waals surface area (Å²) in [7, 11) is 1.72. The fourth-order valence-corrected chi connectivity index (χ4v) is 2.06. The molecule has 2 heterocycles. The van der Waals surface area contributed by atoms with Gasteiger partial charge in [-0.3, -0.25) is 0 Å². The molecule has 0 radical (unpaired) electrons. The third kappa shape index (κ3) is 3.75. The SMILES string of the molecule is COC1CCCN(c2ncc(/C=C/C(=O)O)cn2)C1. The summed E-state index contributed by atoms with van der Waals surface area (Å²) in [6.45, 7) is 1.71. The van der Waals surface area contributed by atoms with Crippen molar-refractivity contribution in [2.75, 3.05) is 25.1 Å². The summed E-state index contributed by atoms with van der Waals surface area (Å²) in [6.07, 6.45) is 8.13.